The second-order valence-corrected chi connectivity index (χ2v) is 6.04. The van der Waals surface area contributed by atoms with Crippen LogP contribution in [-0.4, -0.2) is 29.4 Å². The van der Waals surface area contributed by atoms with Crippen LogP contribution in [-0.2, 0) is 0 Å². The van der Waals surface area contributed by atoms with Gasteiger partial charge >= 0.3 is 0 Å². The average Bonchev–Trinajstić information content (AvgIpc) is 3.26. The van der Waals surface area contributed by atoms with Gasteiger partial charge in [-0.15, -0.1) is 10.2 Å². The van der Waals surface area contributed by atoms with E-state index >= 15 is 0 Å². The third kappa shape index (κ3) is 2.19. The van der Waals surface area contributed by atoms with Crippen molar-refractivity contribution < 1.29 is 0 Å². The standard InChI is InChI=1S/C18H11ClN6/c19-13-7-4-8-14(9-13)25-17-15(10-21-25)18-23-22-16(24(18)11-20-17)12-5-2-1-3-6-12/h1-11H. The SMILES string of the molecule is Clc1cccc(-n2ncc3c2ncn2c(-c4ccccc4)nnc32)c1. The largest absolute Gasteiger partial charge is 0.265 e. The highest BCUT2D eigenvalue weighted by Gasteiger charge is 2.15. The van der Waals surface area contributed by atoms with Gasteiger partial charge in [-0.1, -0.05) is 48.0 Å². The lowest BCUT2D eigenvalue weighted by molar-refractivity contribution is 0.893. The van der Waals surface area contributed by atoms with Crippen molar-refractivity contribution in [1.29, 1.82) is 0 Å². The van der Waals surface area contributed by atoms with Crippen LogP contribution in [0.25, 0.3) is 33.8 Å². The summed E-state index contributed by atoms with van der Waals surface area (Å²) in [5.41, 5.74) is 3.26. The van der Waals surface area contributed by atoms with Crippen molar-refractivity contribution in [3.63, 3.8) is 0 Å². The van der Waals surface area contributed by atoms with Gasteiger partial charge in [-0.2, -0.15) is 5.10 Å². The number of aromatic nitrogens is 6. The fourth-order valence-corrected chi connectivity index (χ4v) is 3.09. The van der Waals surface area contributed by atoms with E-state index in [1.54, 1.807) is 17.2 Å². The van der Waals surface area contributed by atoms with Crippen molar-refractivity contribution in [2.24, 2.45) is 0 Å². The molecule has 5 rings (SSSR count). The van der Waals surface area contributed by atoms with E-state index in [0.29, 0.717) is 10.7 Å². The monoisotopic (exact) mass is 346 g/mol. The second-order valence-electron chi connectivity index (χ2n) is 5.60. The number of rotatable bonds is 2. The van der Waals surface area contributed by atoms with Crippen molar-refractivity contribution in [3.05, 3.63) is 72.1 Å². The predicted molar refractivity (Wildman–Crippen MR) is 95.9 cm³/mol. The Hall–Kier alpha value is -3.25. The minimum absolute atomic E-state index is 0.649. The number of benzene rings is 2. The van der Waals surface area contributed by atoms with Gasteiger partial charge in [-0.25, -0.2) is 9.67 Å². The first-order valence-corrected chi connectivity index (χ1v) is 8.08. The zero-order chi connectivity index (χ0) is 16.8. The molecule has 0 aliphatic carbocycles. The Morgan fingerprint density at radius 2 is 1.76 bits per heavy atom. The minimum Gasteiger partial charge on any atom is -0.265 e. The molecule has 5 aromatic rings. The van der Waals surface area contributed by atoms with E-state index in [-0.39, 0.29) is 0 Å². The summed E-state index contributed by atoms with van der Waals surface area (Å²) >= 11 is 6.09. The molecule has 25 heavy (non-hydrogen) atoms. The summed E-state index contributed by atoms with van der Waals surface area (Å²) < 4.78 is 3.62. The summed E-state index contributed by atoms with van der Waals surface area (Å²) in [5, 5.41) is 14.6. The van der Waals surface area contributed by atoms with E-state index in [2.05, 4.69) is 20.3 Å². The van der Waals surface area contributed by atoms with E-state index in [1.807, 2.05) is 59.0 Å². The van der Waals surface area contributed by atoms with Crippen LogP contribution in [0.1, 0.15) is 0 Å². The zero-order valence-electron chi connectivity index (χ0n) is 12.9. The second kappa shape index (κ2) is 5.39. The quantitative estimate of drug-likeness (QED) is 0.488. The molecule has 0 atom stereocenters. The molecule has 0 saturated carbocycles. The lowest BCUT2D eigenvalue weighted by Crippen LogP contribution is -1.99. The molecule has 2 aromatic carbocycles. The first-order chi connectivity index (χ1) is 12.3. The summed E-state index contributed by atoms with van der Waals surface area (Å²) in [6, 6.07) is 17.4. The summed E-state index contributed by atoms with van der Waals surface area (Å²) in [5.74, 6) is 0.750. The fraction of sp³-hybridized carbons (Fsp3) is 0. The van der Waals surface area contributed by atoms with Crippen LogP contribution in [0, 0.1) is 0 Å². The van der Waals surface area contributed by atoms with Gasteiger partial charge < -0.3 is 0 Å². The molecular weight excluding hydrogens is 336 g/mol. The highest BCUT2D eigenvalue weighted by molar-refractivity contribution is 6.30. The number of fused-ring (bicyclic) bond motifs is 3. The van der Waals surface area contributed by atoms with Gasteiger partial charge in [0.1, 0.15) is 6.33 Å². The molecular formula is C18H11ClN6. The van der Waals surface area contributed by atoms with Crippen molar-refractivity contribution in [3.8, 4) is 17.1 Å². The zero-order valence-corrected chi connectivity index (χ0v) is 13.7. The van der Waals surface area contributed by atoms with E-state index in [4.69, 9.17) is 11.6 Å². The van der Waals surface area contributed by atoms with Crippen molar-refractivity contribution in [2.45, 2.75) is 0 Å². The normalized spacial score (nSPS) is 11.4. The molecule has 0 fully saturated rings. The molecule has 7 heteroatoms. The summed E-state index contributed by atoms with van der Waals surface area (Å²) in [6.07, 6.45) is 3.48. The molecule has 0 unspecified atom stereocenters. The molecule has 0 spiro atoms. The molecule has 3 heterocycles. The van der Waals surface area contributed by atoms with Crippen LogP contribution in [0.3, 0.4) is 0 Å². The molecule has 0 amide bonds. The van der Waals surface area contributed by atoms with E-state index < -0.39 is 0 Å². The number of halogens is 1. The maximum Gasteiger partial charge on any atom is 0.175 e. The Kier molecular flexibility index (Phi) is 3.05. The van der Waals surface area contributed by atoms with Gasteiger partial charge in [0.25, 0.3) is 0 Å². The van der Waals surface area contributed by atoms with Crippen molar-refractivity contribution >= 4 is 28.3 Å². The lowest BCUT2D eigenvalue weighted by Gasteiger charge is -2.04. The molecule has 120 valence electrons. The number of nitrogens with zero attached hydrogens (tertiary/aromatic N) is 6. The maximum atomic E-state index is 6.09. The third-order valence-corrected chi connectivity index (χ3v) is 4.30. The van der Waals surface area contributed by atoms with E-state index in [1.165, 1.54) is 0 Å². The number of hydrogen-bond acceptors (Lipinski definition) is 4. The number of hydrogen-bond donors (Lipinski definition) is 0. The highest BCUT2D eigenvalue weighted by atomic mass is 35.5. The first kappa shape index (κ1) is 14.1. The fourth-order valence-electron chi connectivity index (χ4n) is 2.90. The third-order valence-electron chi connectivity index (χ3n) is 4.06. The lowest BCUT2D eigenvalue weighted by atomic mass is 10.2. The van der Waals surface area contributed by atoms with Crippen molar-refractivity contribution in [2.75, 3.05) is 0 Å². The smallest absolute Gasteiger partial charge is 0.175 e. The molecule has 0 radical (unpaired) electrons. The van der Waals surface area contributed by atoms with Crippen LogP contribution in [0.15, 0.2) is 67.1 Å². The summed E-state index contributed by atoms with van der Waals surface area (Å²) in [4.78, 5) is 4.57. The Morgan fingerprint density at radius 3 is 2.60 bits per heavy atom. The van der Waals surface area contributed by atoms with Gasteiger partial charge in [0.05, 0.1) is 17.3 Å². The molecule has 6 nitrogen and oxygen atoms in total. The average molecular weight is 347 g/mol. The van der Waals surface area contributed by atoms with Gasteiger partial charge in [-0.3, -0.25) is 4.40 Å². The topological polar surface area (TPSA) is 60.9 Å². The van der Waals surface area contributed by atoms with Crippen molar-refractivity contribution in [1.82, 2.24) is 29.4 Å². The van der Waals surface area contributed by atoms with E-state index in [0.717, 1.165) is 28.1 Å². The Bertz CT molecular complexity index is 1210. The molecule has 0 saturated heterocycles. The minimum atomic E-state index is 0.649. The Balaban J connectivity index is 1.74. The van der Waals surface area contributed by atoms with Gasteiger partial charge in [-0.05, 0) is 18.2 Å². The Morgan fingerprint density at radius 1 is 0.880 bits per heavy atom. The van der Waals surface area contributed by atoms with E-state index in [9.17, 15) is 0 Å². The molecule has 0 aliphatic heterocycles. The predicted octanol–water partition coefficient (Wildman–Crippen LogP) is 3.78. The highest BCUT2D eigenvalue weighted by Crippen LogP contribution is 2.24. The molecule has 3 aromatic heterocycles. The molecule has 0 aliphatic rings. The van der Waals surface area contributed by atoms with Crippen LogP contribution < -0.4 is 0 Å². The first-order valence-electron chi connectivity index (χ1n) is 7.70. The van der Waals surface area contributed by atoms with Crippen LogP contribution in [0.4, 0.5) is 0 Å². The maximum absolute atomic E-state index is 6.09. The van der Waals surface area contributed by atoms with Crippen LogP contribution in [0.5, 0.6) is 0 Å². The van der Waals surface area contributed by atoms with Crippen LogP contribution in [0.2, 0.25) is 5.02 Å². The summed E-state index contributed by atoms with van der Waals surface area (Å²) in [6.45, 7) is 0. The van der Waals surface area contributed by atoms with Crippen LogP contribution >= 0.6 is 11.6 Å². The summed E-state index contributed by atoms with van der Waals surface area (Å²) in [7, 11) is 0. The van der Waals surface area contributed by atoms with Gasteiger partial charge in [0, 0.05) is 10.6 Å². The van der Waals surface area contributed by atoms with Gasteiger partial charge in [0.2, 0.25) is 0 Å². The molecule has 0 N–H and O–H groups in total. The molecule has 0 bridgehead atoms. The Labute approximate surface area is 147 Å². The van der Waals surface area contributed by atoms with Gasteiger partial charge in [0.15, 0.2) is 17.1 Å².